The van der Waals surface area contributed by atoms with E-state index in [2.05, 4.69) is 5.32 Å². The van der Waals surface area contributed by atoms with Crippen molar-refractivity contribution >= 4 is 5.91 Å². The van der Waals surface area contributed by atoms with Gasteiger partial charge in [-0.05, 0) is 12.8 Å². The molecular formula is C8H17NO3. The molecule has 72 valence electrons. The van der Waals surface area contributed by atoms with Gasteiger partial charge >= 0.3 is 0 Å². The molecule has 0 aromatic heterocycles. The zero-order valence-electron chi connectivity index (χ0n) is 7.25. The summed E-state index contributed by atoms with van der Waals surface area (Å²) >= 11 is 0. The quantitative estimate of drug-likeness (QED) is 0.463. The Balaban J connectivity index is 3.08. The number of nitrogens with one attached hydrogen (secondary N) is 1. The minimum Gasteiger partial charge on any atom is -0.396 e. The number of carbonyl (C=O) groups excluding carboxylic acids is 1. The van der Waals surface area contributed by atoms with Crippen LogP contribution in [-0.2, 0) is 4.79 Å². The molecule has 1 amide bonds. The van der Waals surface area contributed by atoms with Crippen molar-refractivity contribution in [3.63, 3.8) is 0 Å². The monoisotopic (exact) mass is 175 g/mol. The highest BCUT2D eigenvalue weighted by molar-refractivity contribution is 5.75. The summed E-state index contributed by atoms with van der Waals surface area (Å²) in [5, 5.41) is 19.4. The lowest BCUT2D eigenvalue weighted by molar-refractivity contribution is -0.121. The summed E-state index contributed by atoms with van der Waals surface area (Å²) < 4.78 is 0. The van der Waals surface area contributed by atoms with Gasteiger partial charge in [0.1, 0.15) is 0 Å². The molecule has 4 heteroatoms. The number of rotatable bonds is 7. The second-order valence-electron chi connectivity index (χ2n) is 2.61. The van der Waals surface area contributed by atoms with Gasteiger partial charge in [0.2, 0.25) is 5.91 Å². The molecule has 0 aliphatic heterocycles. The largest absolute Gasteiger partial charge is 0.396 e. The summed E-state index contributed by atoms with van der Waals surface area (Å²) in [4.78, 5) is 10.9. The van der Waals surface area contributed by atoms with Crippen LogP contribution in [0.3, 0.4) is 0 Å². The van der Waals surface area contributed by atoms with E-state index >= 15 is 0 Å². The lowest BCUT2D eigenvalue weighted by Gasteiger charge is -2.01. The summed E-state index contributed by atoms with van der Waals surface area (Å²) in [5.41, 5.74) is 0. The molecule has 0 spiro atoms. The molecule has 0 aromatic rings. The topological polar surface area (TPSA) is 69.6 Å². The van der Waals surface area contributed by atoms with Crippen molar-refractivity contribution in [3.05, 3.63) is 0 Å². The molecule has 0 saturated carbocycles. The van der Waals surface area contributed by atoms with E-state index in [9.17, 15) is 4.79 Å². The molecule has 0 atom stereocenters. The normalized spacial score (nSPS) is 9.83. The Morgan fingerprint density at radius 1 is 1.08 bits per heavy atom. The lowest BCUT2D eigenvalue weighted by atomic mass is 10.2. The van der Waals surface area contributed by atoms with Gasteiger partial charge in [-0.15, -0.1) is 0 Å². The van der Waals surface area contributed by atoms with Crippen molar-refractivity contribution in [2.24, 2.45) is 0 Å². The molecule has 0 heterocycles. The van der Waals surface area contributed by atoms with Crippen LogP contribution in [0.5, 0.6) is 0 Å². The number of aliphatic hydroxyl groups is 2. The molecule has 0 rings (SSSR count). The molecule has 0 fully saturated rings. The number of aliphatic hydroxyl groups excluding tert-OH is 2. The van der Waals surface area contributed by atoms with Crippen molar-refractivity contribution in [2.75, 3.05) is 19.8 Å². The van der Waals surface area contributed by atoms with Crippen LogP contribution in [-0.4, -0.2) is 35.9 Å². The Labute approximate surface area is 72.6 Å². The molecule has 0 radical (unpaired) electrons. The Morgan fingerprint density at radius 3 is 2.42 bits per heavy atom. The van der Waals surface area contributed by atoms with Gasteiger partial charge in [-0.2, -0.15) is 0 Å². The Hall–Kier alpha value is -0.610. The second kappa shape index (κ2) is 8.49. The Kier molecular flexibility index (Phi) is 8.05. The molecule has 12 heavy (non-hydrogen) atoms. The van der Waals surface area contributed by atoms with Crippen molar-refractivity contribution in [1.29, 1.82) is 0 Å². The minimum absolute atomic E-state index is 0.0115. The van der Waals surface area contributed by atoms with Gasteiger partial charge in [0.05, 0.1) is 6.61 Å². The molecule has 0 bridgehead atoms. The number of unbranched alkanes of at least 4 members (excludes halogenated alkanes) is 2. The molecule has 0 unspecified atom stereocenters. The maximum absolute atomic E-state index is 10.9. The van der Waals surface area contributed by atoms with E-state index in [-0.39, 0.29) is 19.1 Å². The average Bonchev–Trinajstić information content (AvgIpc) is 2.09. The van der Waals surface area contributed by atoms with E-state index in [0.29, 0.717) is 13.0 Å². The summed E-state index contributed by atoms with van der Waals surface area (Å²) in [6.45, 7) is 0.513. The van der Waals surface area contributed by atoms with Gasteiger partial charge in [0, 0.05) is 19.6 Å². The molecule has 3 N–H and O–H groups in total. The molecule has 0 aromatic carbocycles. The Morgan fingerprint density at radius 2 is 1.83 bits per heavy atom. The first-order chi connectivity index (χ1) is 5.81. The smallest absolute Gasteiger partial charge is 0.220 e. The minimum atomic E-state index is -0.0259. The summed E-state index contributed by atoms with van der Waals surface area (Å²) in [6.07, 6.45) is 2.92. The van der Waals surface area contributed by atoms with Gasteiger partial charge in [-0.25, -0.2) is 0 Å². The maximum atomic E-state index is 10.9. The van der Waals surface area contributed by atoms with E-state index in [1.165, 1.54) is 0 Å². The summed E-state index contributed by atoms with van der Waals surface area (Å²) in [6, 6.07) is 0. The van der Waals surface area contributed by atoms with Crippen molar-refractivity contribution in [3.8, 4) is 0 Å². The number of amides is 1. The highest BCUT2D eigenvalue weighted by atomic mass is 16.3. The van der Waals surface area contributed by atoms with Crippen molar-refractivity contribution < 1.29 is 15.0 Å². The maximum Gasteiger partial charge on any atom is 0.220 e. The van der Waals surface area contributed by atoms with Gasteiger partial charge in [-0.3, -0.25) is 4.79 Å². The zero-order valence-corrected chi connectivity index (χ0v) is 7.25. The Bertz CT molecular complexity index is 117. The number of hydrogen-bond donors (Lipinski definition) is 3. The van der Waals surface area contributed by atoms with Gasteiger partial charge in [0.25, 0.3) is 0 Å². The predicted molar refractivity (Wildman–Crippen MR) is 45.6 cm³/mol. The van der Waals surface area contributed by atoms with Crippen LogP contribution >= 0.6 is 0 Å². The fraction of sp³-hybridized carbons (Fsp3) is 0.875. The molecule has 0 saturated heterocycles. The van der Waals surface area contributed by atoms with Gasteiger partial charge in [-0.1, -0.05) is 6.42 Å². The van der Waals surface area contributed by atoms with Crippen molar-refractivity contribution in [1.82, 2.24) is 5.32 Å². The fourth-order valence-corrected chi connectivity index (χ4v) is 0.858. The number of carbonyl (C=O) groups is 1. The first-order valence-electron chi connectivity index (χ1n) is 4.29. The third kappa shape index (κ3) is 7.50. The third-order valence-electron chi connectivity index (χ3n) is 1.50. The van der Waals surface area contributed by atoms with Crippen LogP contribution in [0.25, 0.3) is 0 Å². The lowest BCUT2D eigenvalue weighted by Crippen LogP contribution is -2.25. The third-order valence-corrected chi connectivity index (χ3v) is 1.50. The van der Waals surface area contributed by atoms with E-state index < -0.39 is 0 Å². The van der Waals surface area contributed by atoms with Crippen LogP contribution in [0.2, 0.25) is 0 Å². The molecule has 0 aliphatic carbocycles. The summed E-state index contributed by atoms with van der Waals surface area (Å²) in [5.74, 6) is -0.0259. The first kappa shape index (κ1) is 11.4. The molecular weight excluding hydrogens is 158 g/mol. The average molecular weight is 175 g/mol. The first-order valence-corrected chi connectivity index (χ1v) is 4.29. The molecule has 0 aliphatic rings. The van der Waals surface area contributed by atoms with Crippen LogP contribution in [0.15, 0.2) is 0 Å². The highest BCUT2D eigenvalue weighted by Gasteiger charge is 1.98. The molecule has 4 nitrogen and oxygen atoms in total. The predicted octanol–water partition coefficient (Wildman–Crippen LogP) is -0.352. The zero-order chi connectivity index (χ0) is 9.23. The van der Waals surface area contributed by atoms with E-state index in [0.717, 1.165) is 19.3 Å². The van der Waals surface area contributed by atoms with Crippen LogP contribution in [0, 0.1) is 0 Å². The SMILES string of the molecule is O=C(CCCCCO)NCCO. The van der Waals surface area contributed by atoms with Crippen molar-refractivity contribution in [2.45, 2.75) is 25.7 Å². The van der Waals surface area contributed by atoms with Crippen LogP contribution in [0.4, 0.5) is 0 Å². The second-order valence-corrected chi connectivity index (χ2v) is 2.61. The van der Waals surface area contributed by atoms with E-state index in [4.69, 9.17) is 10.2 Å². The van der Waals surface area contributed by atoms with Crippen LogP contribution < -0.4 is 5.32 Å². The standard InChI is InChI=1S/C8H17NO3/c10-6-3-1-2-4-8(12)9-5-7-11/h10-11H,1-7H2,(H,9,12). The van der Waals surface area contributed by atoms with Gasteiger partial charge in [0.15, 0.2) is 0 Å². The summed E-state index contributed by atoms with van der Waals surface area (Å²) in [7, 11) is 0. The fourth-order valence-electron chi connectivity index (χ4n) is 0.858. The van der Waals surface area contributed by atoms with Gasteiger partial charge < -0.3 is 15.5 Å². The van der Waals surface area contributed by atoms with E-state index in [1.807, 2.05) is 0 Å². The highest BCUT2D eigenvalue weighted by Crippen LogP contribution is 1.98. The van der Waals surface area contributed by atoms with Crippen LogP contribution in [0.1, 0.15) is 25.7 Å². The number of hydrogen-bond acceptors (Lipinski definition) is 3. The van der Waals surface area contributed by atoms with E-state index in [1.54, 1.807) is 0 Å².